The SMILES string of the molecule is COc1cc2ncc(C#N)c(Nc3ccc(OCc4ccccn4)c(Cl)c3)c2cc1NC(=O)/C=C/CN1CCCCC1. The summed E-state index contributed by atoms with van der Waals surface area (Å²) in [5.74, 6) is 0.702. The number of ether oxygens (including phenoxy) is 2. The number of likely N-dealkylation sites (tertiary alicyclic amines) is 1. The number of hydrogen-bond acceptors (Lipinski definition) is 8. The number of piperidine rings is 1. The van der Waals surface area contributed by atoms with E-state index in [1.165, 1.54) is 32.6 Å². The Morgan fingerprint density at radius 3 is 2.71 bits per heavy atom. The molecule has 0 atom stereocenters. The van der Waals surface area contributed by atoms with Crippen molar-refractivity contribution in [2.75, 3.05) is 37.4 Å². The van der Waals surface area contributed by atoms with Crippen molar-refractivity contribution < 1.29 is 14.3 Å². The number of fused-ring (bicyclic) bond motifs is 1. The van der Waals surface area contributed by atoms with Crippen LogP contribution in [0, 0.1) is 11.3 Å². The lowest BCUT2D eigenvalue weighted by molar-refractivity contribution is -0.111. The van der Waals surface area contributed by atoms with Crippen molar-refractivity contribution in [3.05, 3.63) is 89.4 Å². The largest absolute Gasteiger partial charge is 0.494 e. The number of nitrogens with one attached hydrogen (secondary N) is 2. The molecule has 2 aromatic heterocycles. The predicted molar refractivity (Wildman–Crippen MR) is 164 cm³/mol. The highest BCUT2D eigenvalue weighted by Crippen LogP contribution is 2.37. The fourth-order valence-corrected chi connectivity index (χ4v) is 5.04. The van der Waals surface area contributed by atoms with E-state index in [9.17, 15) is 10.1 Å². The second kappa shape index (κ2) is 13.8. The zero-order valence-electron chi connectivity index (χ0n) is 23.3. The summed E-state index contributed by atoms with van der Waals surface area (Å²) < 4.78 is 11.4. The standard InChI is InChI=1S/C32H31ClN6O3/c1-41-30-18-27-25(17-28(30)38-31(40)9-7-15-39-13-5-2-6-14-39)32(22(19-34)20-36-27)37-23-10-11-29(26(33)16-23)42-21-24-8-3-4-12-35-24/h3-4,7-12,16-18,20H,2,5-6,13-15,21H2,1H3,(H,36,37)(H,38,40)/b9-7+. The fourth-order valence-electron chi connectivity index (χ4n) is 4.81. The van der Waals surface area contributed by atoms with Gasteiger partial charge in [0, 0.05) is 42.2 Å². The van der Waals surface area contributed by atoms with Crippen LogP contribution in [-0.4, -0.2) is 47.5 Å². The van der Waals surface area contributed by atoms with Crippen molar-refractivity contribution in [1.82, 2.24) is 14.9 Å². The molecular weight excluding hydrogens is 552 g/mol. The number of nitriles is 1. The summed E-state index contributed by atoms with van der Waals surface area (Å²) in [5.41, 5.74) is 3.35. The van der Waals surface area contributed by atoms with Crippen LogP contribution in [-0.2, 0) is 11.4 Å². The van der Waals surface area contributed by atoms with E-state index < -0.39 is 0 Å². The molecule has 0 aliphatic carbocycles. The fraction of sp³-hybridized carbons (Fsp3) is 0.250. The Morgan fingerprint density at radius 2 is 1.98 bits per heavy atom. The molecular formula is C32H31ClN6O3. The lowest BCUT2D eigenvalue weighted by Gasteiger charge is -2.24. The Labute approximate surface area is 249 Å². The number of carbonyl (C=O) groups excluding carboxylic acids is 1. The van der Waals surface area contributed by atoms with E-state index in [1.807, 2.05) is 30.3 Å². The van der Waals surface area contributed by atoms with Crippen LogP contribution in [0.4, 0.5) is 17.1 Å². The molecule has 9 nitrogen and oxygen atoms in total. The van der Waals surface area contributed by atoms with Crippen LogP contribution in [0.1, 0.15) is 30.5 Å². The van der Waals surface area contributed by atoms with Gasteiger partial charge in [0.1, 0.15) is 24.2 Å². The van der Waals surface area contributed by atoms with Crippen LogP contribution in [0.2, 0.25) is 5.02 Å². The third-order valence-corrected chi connectivity index (χ3v) is 7.25. The van der Waals surface area contributed by atoms with Crippen molar-refractivity contribution >= 4 is 45.5 Å². The first kappa shape index (κ1) is 28.9. The summed E-state index contributed by atoms with van der Waals surface area (Å²) in [7, 11) is 1.53. The number of rotatable bonds is 10. The number of hydrogen-bond donors (Lipinski definition) is 2. The average Bonchev–Trinajstić information content (AvgIpc) is 3.01. The smallest absolute Gasteiger partial charge is 0.248 e. The third-order valence-electron chi connectivity index (χ3n) is 6.95. The molecule has 42 heavy (non-hydrogen) atoms. The second-order valence-corrected chi connectivity index (χ2v) is 10.3. The number of nitrogens with zero attached hydrogens (tertiary/aromatic N) is 4. The Morgan fingerprint density at radius 1 is 1.12 bits per heavy atom. The molecule has 1 fully saturated rings. The van der Waals surface area contributed by atoms with E-state index in [1.54, 1.807) is 36.5 Å². The summed E-state index contributed by atoms with van der Waals surface area (Å²) >= 11 is 6.53. The Balaban J connectivity index is 1.37. The Hall–Kier alpha value is -4.65. The van der Waals surface area contributed by atoms with Gasteiger partial charge in [-0.05, 0) is 62.3 Å². The van der Waals surface area contributed by atoms with Crippen LogP contribution in [0.15, 0.2) is 73.1 Å². The van der Waals surface area contributed by atoms with Gasteiger partial charge in [0.15, 0.2) is 0 Å². The second-order valence-electron chi connectivity index (χ2n) is 9.86. The topological polar surface area (TPSA) is 112 Å². The van der Waals surface area contributed by atoms with E-state index in [4.69, 9.17) is 21.1 Å². The predicted octanol–water partition coefficient (Wildman–Crippen LogP) is 6.47. The van der Waals surface area contributed by atoms with Gasteiger partial charge >= 0.3 is 0 Å². The minimum Gasteiger partial charge on any atom is -0.494 e. The lowest BCUT2D eigenvalue weighted by atomic mass is 10.1. The number of halogens is 1. The quantitative estimate of drug-likeness (QED) is 0.205. The molecule has 0 spiro atoms. The highest BCUT2D eigenvalue weighted by molar-refractivity contribution is 6.32. The Kier molecular flexibility index (Phi) is 9.49. The highest BCUT2D eigenvalue weighted by Gasteiger charge is 2.16. The van der Waals surface area contributed by atoms with Crippen LogP contribution in [0.25, 0.3) is 10.9 Å². The van der Waals surface area contributed by atoms with E-state index >= 15 is 0 Å². The molecule has 3 heterocycles. The maximum atomic E-state index is 12.8. The molecule has 214 valence electrons. The van der Waals surface area contributed by atoms with E-state index in [0.29, 0.717) is 50.1 Å². The normalized spacial score (nSPS) is 13.5. The molecule has 1 amide bonds. The minimum atomic E-state index is -0.267. The maximum absolute atomic E-state index is 12.8. The van der Waals surface area contributed by atoms with Gasteiger partial charge in [-0.15, -0.1) is 0 Å². The lowest BCUT2D eigenvalue weighted by Crippen LogP contribution is -2.29. The zero-order valence-corrected chi connectivity index (χ0v) is 24.0. The van der Waals surface area contributed by atoms with Gasteiger partial charge in [0.05, 0.1) is 40.3 Å². The summed E-state index contributed by atoms with van der Waals surface area (Å²) in [6.07, 6.45) is 10.3. The molecule has 2 aromatic carbocycles. The molecule has 1 aliphatic heterocycles. The molecule has 4 aromatic rings. The first-order chi connectivity index (χ1) is 20.5. The van der Waals surface area contributed by atoms with Crippen molar-refractivity contribution in [3.63, 3.8) is 0 Å². The molecule has 0 radical (unpaired) electrons. The van der Waals surface area contributed by atoms with Gasteiger partial charge in [-0.1, -0.05) is 30.2 Å². The molecule has 10 heteroatoms. The summed E-state index contributed by atoms with van der Waals surface area (Å²) in [5, 5.41) is 17.1. The molecule has 5 rings (SSSR count). The van der Waals surface area contributed by atoms with Crippen molar-refractivity contribution in [3.8, 4) is 17.6 Å². The minimum absolute atomic E-state index is 0.267. The van der Waals surface area contributed by atoms with E-state index in [2.05, 4.69) is 31.6 Å². The number of benzene rings is 2. The number of aromatic nitrogens is 2. The summed E-state index contributed by atoms with van der Waals surface area (Å²) in [4.78, 5) is 23.8. The van der Waals surface area contributed by atoms with Crippen molar-refractivity contribution in [2.45, 2.75) is 25.9 Å². The van der Waals surface area contributed by atoms with Crippen molar-refractivity contribution in [2.24, 2.45) is 0 Å². The van der Waals surface area contributed by atoms with Crippen LogP contribution in [0.5, 0.6) is 11.5 Å². The molecule has 0 bridgehead atoms. The third kappa shape index (κ3) is 7.16. The number of amides is 1. The highest BCUT2D eigenvalue weighted by atomic mass is 35.5. The number of carbonyl (C=O) groups is 1. The first-order valence-electron chi connectivity index (χ1n) is 13.7. The number of methoxy groups -OCH3 is 1. The molecule has 2 N–H and O–H groups in total. The first-order valence-corrected chi connectivity index (χ1v) is 14.1. The average molecular weight is 583 g/mol. The van der Waals surface area contributed by atoms with Gasteiger partial charge in [-0.25, -0.2) is 0 Å². The van der Waals surface area contributed by atoms with Crippen LogP contribution >= 0.6 is 11.6 Å². The van der Waals surface area contributed by atoms with Crippen molar-refractivity contribution in [1.29, 1.82) is 5.26 Å². The zero-order chi connectivity index (χ0) is 29.3. The number of anilines is 3. The van der Waals surface area contributed by atoms with Crippen LogP contribution < -0.4 is 20.1 Å². The number of pyridine rings is 2. The monoisotopic (exact) mass is 582 g/mol. The van der Waals surface area contributed by atoms with Gasteiger partial charge in [-0.3, -0.25) is 19.7 Å². The van der Waals surface area contributed by atoms with Gasteiger partial charge in [0.25, 0.3) is 0 Å². The molecule has 0 unspecified atom stereocenters. The van der Waals surface area contributed by atoms with Gasteiger partial charge in [-0.2, -0.15) is 5.26 Å². The molecule has 1 saturated heterocycles. The summed E-state index contributed by atoms with van der Waals surface area (Å²) in [6, 6.07) is 16.6. The van der Waals surface area contributed by atoms with Gasteiger partial charge < -0.3 is 20.1 Å². The molecule has 0 saturated carbocycles. The van der Waals surface area contributed by atoms with Gasteiger partial charge in [0.2, 0.25) is 5.91 Å². The van der Waals surface area contributed by atoms with E-state index in [-0.39, 0.29) is 12.5 Å². The molecule has 1 aliphatic rings. The summed E-state index contributed by atoms with van der Waals surface area (Å²) in [6.45, 7) is 3.13. The maximum Gasteiger partial charge on any atom is 0.248 e. The van der Waals surface area contributed by atoms with E-state index in [0.717, 1.165) is 25.3 Å². The Bertz CT molecular complexity index is 1630. The van der Waals surface area contributed by atoms with Crippen LogP contribution in [0.3, 0.4) is 0 Å².